The van der Waals surface area contributed by atoms with Crippen LogP contribution < -0.4 is 10.5 Å². The van der Waals surface area contributed by atoms with Crippen LogP contribution in [0.1, 0.15) is 31.2 Å². The van der Waals surface area contributed by atoms with Crippen LogP contribution in [0.3, 0.4) is 0 Å². The third kappa shape index (κ3) is 2.77. The molecule has 1 aliphatic carbocycles. The Morgan fingerprint density at radius 2 is 1.89 bits per heavy atom. The summed E-state index contributed by atoms with van der Waals surface area (Å²) in [6.07, 6.45) is -2.74. The van der Waals surface area contributed by atoms with Crippen LogP contribution in [0.15, 0.2) is 24.3 Å². The molecule has 0 radical (unpaired) electrons. The van der Waals surface area contributed by atoms with E-state index in [0.29, 0.717) is 11.8 Å². The Hall–Kier alpha value is -1.23. The van der Waals surface area contributed by atoms with Gasteiger partial charge in [0.25, 0.3) is 0 Å². The molecule has 0 amide bonds. The van der Waals surface area contributed by atoms with Gasteiger partial charge in [-0.1, -0.05) is 25.5 Å². The smallest absolute Gasteiger partial charge is 0.406 e. The highest BCUT2D eigenvalue weighted by atomic mass is 19.4. The summed E-state index contributed by atoms with van der Waals surface area (Å²) in [7, 11) is 0. The van der Waals surface area contributed by atoms with Crippen molar-refractivity contribution in [2.45, 2.75) is 38.1 Å². The second kappa shape index (κ2) is 4.80. The van der Waals surface area contributed by atoms with Crippen LogP contribution >= 0.6 is 0 Å². The van der Waals surface area contributed by atoms with Gasteiger partial charge in [-0.15, -0.1) is 13.2 Å². The van der Waals surface area contributed by atoms with Gasteiger partial charge in [-0.3, -0.25) is 0 Å². The highest BCUT2D eigenvalue weighted by molar-refractivity contribution is 5.32. The van der Waals surface area contributed by atoms with Gasteiger partial charge in [-0.05, 0) is 36.0 Å². The molecule has 1 saturated carbocycles. The second-order valence-corrected chi connectivity index (χ2v) is 4.69. The lowest BCUT2D eigenvalue weighted by atomic mass is 9.65. The fourth-order valence-corrected chi connectivity index (χ4v) is 2.63. The maximum Gasteiger partial charge on any atom is 0.573 e. The van der Waals surface area contributed by atoms with Gasteiger partial charge in [0.2, 0.25) is 0 Å². The molecular weight excluding hydrogens is 243 g/mol. The number of halogens is 3. The molecule has 0 aromatic heterocycles. The average molecular weight is 259 g/mol. The molecule has 0 heterocycles. The van der Waals surface area contributed by atoms with E-state index in [4.69, 9.17) is 5.73 Å². The summed E-state index contributed by atoms with van der Waals surface area (Å²) in [5, 5.41) is 0. The molecule has 2 rings (SSSR count). The molecule has 2 N–H and O–H groups in total. The maximum absolute atomic E-state index is 12.0. The van der Waals surface area contributed by atoms with Crippen LogP contribution in [0.25, 0.3) is 0 Å². The first-order valence-corrected chi connectivity index (χ1v) is 6.02. The Labute approximate surface area is 104 Å². The molecule has 1 aliphatic rings. The minimum Gasteiger partial charge on any atom is -0.406 e. The van der Waals surface area contributed by atoms with Crippen LogP contribution in [0.2, 0.25) is 0 Å². The third-order valence-corrected chi connectivity index (χ3v) is 3.61. The minimum absolute atomic E-state index is 0.178. The third-order valence-electron chi connectivity index (χ3n) is 3.61. The number of rotatable bonds is 3. The minimum atomic E-state index is -4.63. The fourth-order valence-electron chi connectivity index (χ4n) is 2.63. The lowest BCUT2D eigenvalue weighted by Gasteiger charge is -2.42. The summed E-state index contributed by atoms with van der Waals surface area (Å²) in [6.45, 7) is 2.08. The number of alkyl halides is 3. The van der Waals surface area contributed by atoms with Crippen molar-refractivity contribution in [1.29, 1.82) is 0 Å². The average Bonchev–Trinajstić information content (AvgIpc) is 2.25. The number of hydrogen-bond acceptors (Lipinski definition) is 2. The van der Waals surface area contributed by atoms with Crippen molar-refractivity contribution in [2.24, 2.45) is 11.7 Å². The summed E-state index contributed by atoms with van der Waals surface area (Å²) < 4.78 is 39.9. The molecule has 3 atom stereocenters. The Kier molecular flexibility index (Phi) is 3.52. The molecular formula is C13H16F3NO. The summed E-state index contributed by atoms with van der Waals surface area (Å²) in [6, 6.07) is 6.32. The first-order chi connectivity index (χ1) is 8.40. The first kappa shape index (κ1) is 13.2. The molecule has 0 aliphatic heterocycles. The zero-order valence-corrected chi connectivity index (χ0v) is 10.1. The van der Waals surface area contributed by atoms with E-state index in [1.54, 1.807) is 12.1 Å². The number of ether oxygens (including phenoxy) is 1. The number of hydrogen-bond donors (Lipinski definition) is 1. The molecule has 3 unspecified atom stereocenters. The topological polar surface area (TPSA) is 35.2 Å². The lowest BCUT2D eigenvalue weighted by molar-refractivity contribution is -0.274. The number of benzene rings is 1. The van der Waals surface area contributed by atoms with Crippen LogP contribution in [0, 0.1) is 5.92 Å². The molecule has 0 saturated heterocycles. The predicted octanol–water partition coefficient (Wildman–Crippen LogP) is 3.43. The molecule has 18 heavy (non-hydrogen) atoms. The number of nitrogens with two attached hydrogens (primary N) is 1. The van der Waals surface area contributed by atoms with E-state index in [-0.39, 0.29) is 11.8 Å². The SMILES string of the molecule is CCC1C(N)CC1c1ccc(OC(F)(F)F)cc1. The molecule has 1 fully saturated rings. The van der Waals surface area contributed by atoms with E-state index in [2.05, 4.69) is 11.7 Å². The lowest BCUT2D eigenvalue weighted by Crippen LogP contribution is -2.45. The quantitative estimate of drug-likeness (QED) is 0.902. The van der Waals surface area contributed by atoms with E-state index < -0.39 is 6.36 Å². The van der Waals surface area contributed by atoms with Gasteiger partial charge in [0.15, 0.2) is 0 Å². The van der Waals surface area contributed by atoms with Crippen LogP contribution in [0.4, 0.5) is 13.2 Å². The van der Waals surface area contributed by atoms with Gasteiger partial charge in [-0.2, -0.15) is 0 Å². The molecule has 2 nitrogen and oxygen atoms in total. The van der Waals surface area contributed by atoms with Gasteiger partial charge in [-0.25, -0.2) is 0 Å². The zero-order chi connectivity index (χ0) is 13.3. The van der Waals surface area contributed by atoms with Crippen molar-refractivity contribution in [2.75, 3.05) is 0 Å². The molecule has 0 spiro atoms. The largest absolute Gasteiger partial charge is 0.573 e. The van der Waals surface area contributed by atoms with Gasteiger partial charge in [0, 0.05) is 6.04 Å². The summed E-state index contributed by atoms with van der Waals surface area (Å²) in [5.41, 5.74) is 6.94. The van der Waals surface area contributed by atoms with E-state index >= 15 is 0 Å². The molecule has 5 heteroatoms. The van der Waals surface area contributed by atoms with Crippen LogP contribution in [0.5, 0.6) is 5.75 Å². The fraction of sp³-hybridized carbons (Fsp3) is 0.538. The highest BCUT2D eigenvalue weighted by Crippen LogP contribution is 2.43. The van der Waals surface area contributed by atoms with Crippen molar-refractivity contribution in [3.8, 4) is 5.75 Å². The van der Waals surface area contributed by atoms with Gasteiger partial charge in [0.1, 0.15) is 5.75 Å². The second-order valence-electron chi connectivity index (χ2n) is 4.69. The Balaban J connectivity index is 2.04. The van der Waals surface area contributed by atoms with E-state index in [0.717, 1.165) is 18.4 Å². The summed E-state index contributed by atoms with van der Waals surface area (Å²) in [4.78, 5) is 0. The van der Waals surface area contributed by atoms with E-state index in [1.165, 1.54) is 12.1 Å². The Bertz CT molecular complexity index is 402. The molecule has 1 aromatic carbocycles. The van der Waals surface area contributed by atoms with Crippen molar-refractivity contribution in [3.63, 3.8) is 0 Å². The monoisotopic (exact) mass is 259 g/mol. The van der Waals surface area contributed by atoms with Gasteiger partial charge >= 0.3 is 6.36 Å². The summed E-state index contributed by atoms with van der Waals surface area (Å²) in [5.74, 6) is 0.618. The zero-order valence-electron chi connectivity index (χ0n) is 10.1. The maximum atomic E-state index is 12.0. The highest BCUT2D eigenvalue weighted by Gasteiger charge is 2.38. The van der Waals surface area contributed by atoms with Crippen LogP contribution in [-0.2, 0) is 0 Å². The Morgan fingerprint density at radius 1 is 1.28 bits per heavy atom. The van der Waals surface area contributed by atoms with Gasteiger partial charge in [0.05, 0.1) is 0 Å². The predicted molar refractivity (Wildman–Crippen MR) is 62.2 cm³/mol. The van der Waals surface area contributed by atoms with Crippen molar-refractivity contribution >= 4 is 0 Å². The van der Waals surface area contributed by atoms with E-state index in [9.17, 15) is 13.2 Å². The standard InChI is InChI=1S/C13H16F3NO/c1-2-10-11(7-12(10)17)8-3-5-9(6-4-8)18-13(14,15)16/h3-6,10-12H,2,7,17H2,1H3. The Morgan fingerprint density at radius 3 is 2.33 bits per heavy atom. The van der Waals surface area contributed by atoms with Crippen molar-refractivity contribution < 1.29 is 17.9 Å². The van der Waals surface area contributed by atoms with Crippen molar-refractivity contribution in [1.82, 2.24) is 0 Å². The van der Waals surface area contributed by atoms with Crippen molar-refractivity contribution in [3.05, 3.63) is 29.8 Å². The van der Waals surface area contributed by atoms with Gasteiger partial charge < -0.3 is 10.5 Å². The molecule has 100 valence electrons. The molecule has 0 bridgehead atoms. The summed E-state index contributed by atoms with van der Waals surface area (Å²) >= 11 is 0. The molecule has 1 aromatic rings. The van der Waals surface area contributed by atoms with Crippen LogP contribution in [-0.4, -0.2) is 12.4 Å². The first-order valence-electron chi connectivity index (χ1n) is 6.02. The van der Waals surface area contributed by atoms with E-state index in [1.807, 2.05) is 0 Å². The normalized spacial score (nSPS) is 27.7.